The molecule has 0 fully saturated rings. The Labute approximate surface area is 95.1 Å². The van der Waals surface area contributed by atoms with E-state index < -0.39 is 0 Å². The Kier molecular flexibility index (Phi) is 3.67. The smallest absolute Gasteiger partial charge is 0.205 e. The van der Waals surface area contributed by atoms with E-state index in [4.69, 9.17) is 0 Å². The van der Waals surface area contributed by atoms with Gasteiger partial charge in [0.2, 0.25) is 5.13 Å². The number of hydrogen-bond donors (Lipinski definition) is 1. The van der Waals surface area contributed by atoms with E-state index in [9.17, 15) is 5.11 Å². The average Bonchev–Trinajstić information content (AvgIpc) is 2.48. The third kappa shape index (κ3) is 3.43. The molecule has 0 saturated heterocycles. The van der Waals surface area contributed by atoms with Crippen molar-refractivity contribution in [1.29, 1.82) is 0 Å². The van der Waals surface area contributed by atoms with Crippen LogP contribution in [0.15, 0.2) is 0 Å². The van der Waals surface area contributed by atoms with Crippen LogP contribution in [0.3, 0.4) is 0 Å². The molecule has 1 atom stereocenters. The predicted molar refractivity (Wildman–Crippen MR) is 63.6 cm³/mol. The summed E-state index contributed by atoms with van der Waals surface area (Å²) in [5.41, 5.74) is -0.0135. The van der Waals surface area contributed by atoms with Gasteiger partial charge >= 0.3 is 0 Å². The molecule has 1 rings (SSSR count). The molecule has 0 aliphatic carbocycles. The van der Waals surface area contributed by atoms with Crippen molar-refractivity contribution in [1.82, 2.24) is 9.36 Å². The van der Waals surface area contributed by atoms with E-state index in [-0.39, 0.29) is 11.5 Å². The minimum Gasteiger partial charge on any atom is -0.392 e. The summed E-state index contributed by atoms with van der Waals surface area (Å²) < 4.78 is 4.32. The predicted octanol–water partition coefficient (Wildman–Crippen LogP) is 1.65. The van der Waals surface area contributed by atoms with Crippen LogP contribution in [0, 0.1) is 0 Å². The molecule has 0 aliphatic heterocycles. The molecule has 0 spiro atoms. The van der Waals surface area contributed by atoms with E-state index in [0.29, 0.717) is 6.54 Å². The Morgan fingerprint density at radius 1 is 1.47 bits per heavy atom. The highest BCUT2D eigenvalue weighted by Crippen LogP contribution is 2.24. The van der Waals surface area contributed by atoms with Crippen LogP contribution in [0.25, 0.3) is 0 Å². The van der Waals surface area contributed by atoms with Gasteiger partial charge in [-0.2, -0.15) is 4.37 Å². The number of aliphatic hydroxyl groups is 1. The highest BCUT2D eigenvalue weighted by Gasteiger charge is 2.20. The number of nitrogens with zero attached hydrogens (tertiary/aromatic N) is 3. The monoisotopic (exact) mass is 229 g/mol. The van der Waals surface area contributed by atoms with Crippen molar-refractivity contribution in [3.63, 3.8) is 0 Å². The first-order chi connectivity index (χ1) is 6.80. The van der Waals surface area contributed by atoms with Crippen molar-refractivity contribution in [3.05, 3.63) is 5.82 Å². The van der Waals surface area contributed by atoms with Crippen LogP contribution < -0.4 is 4.90 Å². The van der Waals surface area contributed by atoms with Crippen LogP contribution in [0.4, 0.5) is 5.13 Å². The quantitative estimate of drug-likeness (QED) is 0.856. The van der Waals surface area contributed by atoms with Gasteiger partial charge in [-0.1, -0.05) is 20.8 Å². The van der Waals surface area contributed by atoms with Gasteiger partial charge in [0.15, 0.2) is 0 Å². The number of rotatable bonds is 3. The molecular weight excluding hydrogens is 210 g/mol. The Morgan fingerprint density at radius 2 is 2.07 bits per heavy atom. The highest BCUT2D eigenvalue weighted by atomic mass is 32.1. The Hall–Kier alpha value is -0.680. The molecule has 5 heteroatoms. The van der Waals surface area contributed by atoms with Gasteiger partial charge in [-0.3, -0.25) is 0 Å². The first-order valence-electron chi connectivity index (χ1n) is 5.04. The third-order valence-corrected chi connectivity index (χ3v) is 2.78. The molecule has 86 valence electrons. The maximum absolute atomic E-state index is 9.27. The van der Waals surface area contributed by atoms with E-state index in [0.717, 1.165) is 11.0 Å². The minimum absolute atomic E-state index is 0.0135. The second-order valence-electron chi connectivity index (χ2n) is 4.88. The molecule has 0 amide bonds. The van der Waals surface area contributed by atoms with Crippen LogP contribution in [0.2, 0.25) is 0 Å². The molecule has 1 N–H and O–H groups in total. The zero-order valence-corrected chi connectivity index (χ0v) is 10.8. The molecule has 1 unspecified atom stereocenters. The first-order valence-corrected chi connectivity index (χ1v) is 5.81. The maximum Gasteiger partial charge on any atom is 0.205 e. The summed E-state index contributed by atoms with van der Waals surface area (Å²) in [6, 6.07) is 0. The van der Waals surface area contributed by atoms with Gasteiger partial charge in [-0.05, 0) is 6.92 Å². The number of likely N-dealkylation sites (N-methyl/N-ethyl adjacent to an activating group) is 1. The molecule has 1 aromatic heterocycles. The molecule has 0 saturated carbocycles. The fraction of sp³-hybridized carbons (Fsp3) is 0.800. The standard InChI is InChI=1S/C10H19N3OS/c1-7(14)6-13(5)9-11-8(12-15-9)10(2,3)4/h7,14H,6H2,1-5H3. The van der Waals surface area contributed by atoms with Gasteiger partial charge in [0.25, 0.3) is 0 Å². The molecule has 1 heterocycles. The number of hydrogen-bond acceptors (Lipinski definition) is 5. The number of aromatic nitrogens is 2. The molecule has 0 radical (unpaired) electrons. The van der Waals surface area contributed by atoms with Gasteiger partial charge in [0.05, 0.1) is 6.10 Å². The summed E-state index contributed by atoms with van der Waals surface area (Å²) in [5.74, 6) is 0.861. The van der Waals surface area contributed by atoms with Crippen LogP contribution in [-0.2, 0) is 5.41 Å². The van der Waals surface area contributed by atoms with Crippen molar-refractivity contribution in [2.45, 2.75) is 39.2 Å². The summed E-state index contributed by atoms with van der Waals surface area (Å²) in [6.45, 7) is 8.62. The second kappa shape index (κ2) is 4.45. The Morgan fingerprint density at radius 3 is 2.47 bits per heavy atom. The summed E-state index contributed by atoms with van der Waals surface area (Å²) in [5, 5.41) is 10.1. The highest BCUT2D eigenvalue weighted by molar-refractivity contribution is 7.09. The van der Waals surface area contributed by atoms with Crippen molar-refractivity contribution < 1.29 is 5.11 Å². The molecule has 4 nitrogen and oxygen atoms in total. The third-order valence-electron chi connectivity index (χ3n) is 1.95. The zero-order chi connectivity index (χ0) is 11.6. The van der Waals surface area contributed by atoms with Crippen LogP contribution >= 0.6 is 11.5 Å². The normalized spacial score (nSPS) is 14.0. The van der Waals surface area contributed by atoms with Crippen LogP contribution in [0.1, 0.15) is 33.5 Å². The maximum atomic E-state index is 9.27. The van der Waals surface area contributed by atoms with Gasteiger partial charge in [-0.15, -0.1) is 0 Å². The Balaban J connectivity index is 2.76. The lowest BCUT2D eigenvalue weighted by molar-refractivity contribution is 0.201. The molecule has 0 aliphatic rings. The number of aliphatic hydroxyl groups excluding tert-OH is 1. The van der Waals surface area contributed by atoms with Gasteiger partial charge in [0, 0.05) is 30.5 Å². The van der Waals surface area contributed by atoms with E-state index in [1.165, 1.54) is 11.5 Å². The fourth-order valence-corrected chi connectivity index (χ4v) is 1.97. The van der Waals surface area contributed by atoms with Crippen molar-refractivity contribution >= 4 is 16.7 Å². The van der Waals surface area contributed by atoms with E-state index in [2.05, 4.69) is 30.1 Å². The summed E-state index contributed by atoms with van der Waals surface area (Å²) in [7, 11) is 1.92. The molecule has 1 aromatic rings. The van der Waals surface area contributed by atoms with E-state index in [1.807, 2.05) is 11.9 Å². The lowest BCUT2D eigenvalue weighted by Gasteiger charge is -2.17. The topological polar surface area (TPSA) is 49.2 Å². The minimum atomic E-state index is -0.350. The van der Waals surface area contributed by atoms with E-state index in [1.54, 1.807) is 6.92 Å². The lowest BCUT2D eigenvalue weighted by Crippen LogP contribution is -2.27. The SMILES string of the molecule is CC(O)CN(C)c1nc(C(C)(C)C)ns1. The van der Waals surface area contributed by atoms with Gasteiger partial charge in [0.1, 0.15) is 5.82 Å². The second-order valence-corrected chi connectivity index (χ2v) is 5.61. The summed E-state index contributed by atoms with van der Waals surface area (Å²) in [4.78, 5) is 6.38. The number of anilines is 1. The van der Waals surface area contributed by atoms with E-state index >= 15 is 0 Å². The van der Waals surface area contributed by atoms with Crippen LogP contribution in [0.5, 0.6) is 0 Å². The van der Waals surface area contributed by atoms with Crippen LogP contribution in [-0.4, -0.2) is 34.2 Å². The average molecular weight is 229 g/mol. The summed E-state index contributed by atoms with van der Waals surface area (Å²) >= 11 is 1.38. The lowest BCUT2D eigenvalue weighted by atomic mass is 9.96. The van der Waals surface area contributed by atoms with Gasteiger partial charge in [-0.25, -0.2) is 4.98 Å². The van der Waals surface area contributed by atoms with Crippen molar-refractivity contribution in [3.8, 4) is 0 Å². The molecule has 0 aromatic carbocycles. The molecule has 0 bridgehead atoms. The Bertz CT molecular complexity index is 317. The summed E-state index contributed by atoms with van der Waals surface area (Å²) in [6.07, 6.45) is -0.350. The zero-order valence-electron chi connectivity index (χ0n) is 9.98. The van der Waals surface area contributed by atoms with Gasteiger partial charge < -0.3 is 10.0 Å². The largest absolute Gasteiger partial charge is 0.392 e. The van der Waals surface area contributed by atoms with Crippen molar-refractivity contribution in [2.75, 3.05) is 18.5 Å². The fourth-order valence-electron chi connectivity index (χ4n) is 1.15. The molecule has 15 heavy (non-hydrogen) atoms. The van der Waals surface area contributed by atoms with Crippen molar-refractivity contribution in [2.24, 2.45) is 0 Å². The first kappa shape index (κ1) is 12.4. The molecular formula is C10H19N3OS.